The third-order valence-corrected chi connectivity index (χ3v) is 6.46. The molecule has 9 heteroatoms. The van der Waals surface area contributed by atoms with E-state index in [4.69, 9.17) is 4.74 Å². The highest BCUT2D eigenvalue weighted by Crippen LogP contribution is 2.24. The van der Waals surface area contributed by atoms with E-state index in [1.165, 1.54) is 52.8 Å². The summed E-state index contributed by atoms with van der Waals surface area (Å²) in [5.41, 5.74) is 0.230. The molecular formula is C20H21FN2O5S. The number of amides is 1. The fourth-order valence-corrected chi connectivity index (χ4v) is 4.74. The molecule has 7 nitrogen and oxygen atoms in total. The number of sulfonamides is 1. The second-order valence-electron chi connectivity index (χ2n) is 6.59. The maximum atomic E-state index is 12.9. The number of benzene rings is 2. The van der Waals surface area contributed by atoms with Gasteiger partial charge in [0, 0.05) is 18.8 Å². The van der Waals surface area contributed by atoms with E-state index in [0.29, 0.717) is 18.8 Å². The molecule has 0 saturated carbocycles. The summed E-state index contributed by atoms with van der Waals surface area (Å²) in [5, 5.41) is 2.46. The van der Waals surface area contributed by atoms with Crippen molar-refractivity contribution in [2.75, 3.05) is 25.0 Å². The Kier molecular flexibility index (Phi) is 6.60. The smallest absolute Gasteiger partial charge is 0.340 e. The average Bonchev–Trinajstić information content (AvgIpc) is 2.74. The van der Waals surface area contributed by atoms with Gasteiger partial charge in [-0.25, -0.2) is 17.6 Å². The Labute approximate surface area is 168 Å². The highest BCUT2D eigenvalue weighted by molar-refractivity contribution is 7.89. The first kappa shape index (κ1) is 20.9. The molecule has 0 unspecified atom stereocenters. The molecule has 0 spiro atoms. The minimum atomic E-state index is -3.83. The molecule has 0 radical (unpaired) electrons. The van der Waals surface area contributed by atoms with E-state index in [-0.39, 0.29) is 10.5 Å². The Morgan fingerprint density at radius 2 is 1.66 bits per heavy atom. The molecular weight excluding hydrogens is 399 g/mol. The van der Waals surface area contributed by atoms with E-state index < -0.39 is 34.3 Å². The van der Waals surface area contributed by atoms with E-state index in [9.17, 15) is 22.4 Å². The summed E-state index contributed by atoms with van der Waals surface area (Å²) in [6, 6.07) is 10.9. The van der Waals surface area contributed by atoms with Crippen LogP contribution in [-0.2, 0) is 19.6 Å². The predicted octanol–water partition coefficient (Wildman–Crippen LogP) is 2.80. The van der Waals surface area contributed by atoms with Gasteiger partial charge in [0.15, 0.2) is 6.61 Å². The summed E-state index contributed by atoms with van der Waals surface area (Å²) < 4.78 is 45.1. The van der Waals surface area contributed by atoms with Gasteiger partial charge in [0.25, 0.3) is 5.91 Å². The van der Waals surface area contributed by atoms with Gasteiger partial charge in [-0.15, -0.1) is 0 Å². The van der Waals surface area contributed by atoms with Crippen LogP contribution >= 0.6 is 0 Å². The van der Waals surface area contributed by atoms with Gasteiger partial charge in [-0.1, -0.05) is 18.6 Å². The Morgan fingerprint density at radius 3 is 2.34 bits per heavy atom. The molecule has 3 rings (SSSR count). The van der Waals surface area contributed by atoms with Gasteiger partial charge < -0.3 is 10.1 Å². The van der Waals surface area contributed by atoms with Crippen LogP contribution in [0.15, 0.2) is 53.4 Å². The van der Waals surface area contributed by atoms with Crippen molar-refractivity contribution in [3.05, 3.63) is 59.9 Å². The molecule has 2 aromatic rings. The van der Waals surface area contributed by atoms with Crippen LogP contribution in [0.3, 0.4) is 0 Å². The number of ether oxygens (including phenoxy) is 1. The molecule has 0 bridgehead atoms. The molecule has 2 aromatic carbocycles. The number of piperidine rings is 1. The van der Waals surface area contributed by atoms with E-state index in [1.807, 2.05) is 0 Å². The van der Waals surface area contributed by atoms with Crippen LogP contribution in [0.25, 0.3) is 0 Å². The number of carbonyl (C=O) groups is 2. The van der Waals surface area contributed by atoms with Crippen molar-refractivity contribution >= 4 is 27.6 Å². The van der Waals surface area contributed by atoms with Crippen molar-refractivity contribution in [2.24, 2.45) is 0 Å². The summed E-state index contributed by atoms with van der Waals surface area (Å²) in [5.74, 6) is -1.97. The van der Waals surface area contributed by atoms with Crippen LogP contribution in [0.1, 0.15) is 29.6 Å². The predicted molar refractivity (Wildman–Crippen MR) is 104 cm³/mol. The largest absolute Gasteiger partial charge is 0.452 e. The molecule has 1 saturated heterocycles. The molecule has 1 amide bonds. The molecule has 1 N–H and O–H groups in total. The van der Waals surface area contributed by atoms with Crippen molar-refractivity contribution in [1.29, 1.82) is 0 Å². The Bertz CT molecular complexity index is 986. The number of esters is 1. The first-order valence-electron chi connectivity index (χ1n) is 9.19. The van der Waals surface area contributed by atoms with Crippen molar-refractivity contribution in [2.45, 2.75) is 24.2 Å². The Balaban J connectivity index is 1.68. The summed E-state index contributed by atoms with van der Waals surface area (Å²) in [6.07, 6.45) is 2.52. The van der Waals surface area contributed by atoms with E-state index in [1.54, 1.807) is 0 Å². The zero-order chi connectivity index (χ0) is 20.9. The fraction of sp³-hybridized carbons (Fsp3) is 0.300. The summed E-state index contributed by atoms with van der Waals surface area (Å²) >= 11 is 0. The number of hydrogen-bond acceptors (Lipinski definition) is 5. The van der Waals surface area contributed by atoms with E-state index in [0.717, 1.165) is 19.3 Å². The van der Waals surface area contributed by atoms with Gasteiger partial charge >= 0.3 is 5.97 Å². The lowest BCUT2D eigenvalue weighted by Crippen LogP contribution is -2.36. The van der Waals surface area contributed by atoms with Crippen LogP contribution in [-0.4, -0.2) is 44.3 Å². The quantitative estimate of drug-likeness (QED) is 0.726. The van der Waals surface area contributed by atoms with E-state index in [2.05, 4.69) is 5.32 Å². The lowest BCUT2D eigenvalue weighted by Gasteiger charge is -2.26. The molecule has 0 aliphatic carbocycles. The molecule has 1 fully saturated rings. The highest BCUT2D eigenvalue weighted by Gasteiger charge is 2.30. The van der Waals surface area contributed by atoms with Crippen molar-refractivity contribution in [1.82, 2.24) is 4.31 Å². The molecule has 154 valence electrons. The zero-order valence-electron chi connectivity index (χ0n) is 15.6. The first-order valence-corrected chi connectivity index (χ1v) is 10.6. The van der Waals surface area contributed by atoms with Crippen LogP contribution in [0.5, 0.6) is 0 Å². The first-order chi connectivity index (χ1) is 13.9. The van der Waals surface area contributed by atoms with Crippen LogP contribution in [0, 0.1) is 5.82 Å². The molecule has 1 aliphatic rings. The standard InChI is InChI=1S/C20H21FN2O5S/c21-15-8-10-16(11-9-15)22-19(24)14-28-20(25)17-6-2-3-7-18(17)29(26,27)23-12-4-1-5-13-23/h2-3,6-11H,1,4-5,12-14H2,(H,22,24). The van der Waals surface area contributed by atoms with Gasteiger partial charge in [0.1, 0.15) is 5.82 Å². The maximum absolute atomic E-state index is 12.9. The Hall–Kier alpha value is -2.78. The lowest BCUT2D eigenvalue weighted by molar-refractivity contribution is -0.119. The third-order valence-electron chi connectivity index (χ3n) is 4.50. The van der Waals surface area contributed by atoms with Gasteiger partial charge in [0.05, 0.1) is 10.5 Å². The molecule has 0 aromatic heterocycles. The molecule has 29 heavy (non-hydrogen) atoms. The van der Waals surface area contributed by atoms with Crippen molar-refractivity contribution < 1.29 is 27.1 Å². The number of nitrogens with one attached hydrogen (secondary N) is 1. The number of carbonyl (C=O) groups excluding carboxylic acids is 2. The van der Waals surface area contributed by atoms with Crippen molar-refractivity contribution in [3.8, 4) is 0 Å². The van der Waals surface area contributed by atoms with Gasteiger partial charge in [-0.05, 0) is 49.2 Å². The topological polar surface area (TPSA) is 92.8 Å². The summed E-state index contributed by atoms with van der Waals surface area (Å²) in [7, 11) is -3.83. The van der Waals surface area contributed by atoms with Crippen LogP contribution in [0.4, 0.5) is 10.1 Å². The molecule has 1 aliphatic heterocycles. The number of nitrogens with zero attached hydrogens (tertiary/aromatic N) is 1. The molecule has 0 atom stereocenters. The number of hydrogen-bond donors (Lipinski definition) is 1. The summed E-state index contributed by atoms with van der Waals surface area (Å²) in [4.78, 5) is 24.3. The van der Waals surface area contributed by atoms with Crippen molar-refractivity contribution in [3.63, 3.8) is 0 Å². The van der Waals surface area contributed by atoms with Gasteiger partial charge in [-0.2, -0.15) is 4.31 Å². The number of halogens is 1. The fourth-order valence-electron chi connectivity index (χ4n) is 3.04. The highest BCUT2D eigenvalue weighted by atomic mass is 32.2. The normalized spacial score (nSPS) is 14.9. The SMILES string of the molecule is O=C(COC(=O)c1ccccc1S(=O)(=O)N1CCCCC1)Nc1ccc(F)cc1. The minimum Gasteiger partial charge on any atom is -0.452 e. The Morgan fingerprint density at radius 1 is 1.00 bits per heavy atom. The monoisotopic (exact) mass is 420 g/mol. The zero-order valence-corrected chi connectivity index (χ0v) is 16.5. The second-order valence-corrected chi connectivity index (χ2v) is 8.50. The maximum Gasteiger partial charge on any atom is 0.340 e. The lowest BCUT2D eigenvalue weighted by atomic mass is 10.2. The van der Waals surface area contributed by atoms with Crippen LogP contribution in [0.2, 0.25) is 0 Å². The molecule has 1 heterocycles. The summed E-state index contributed by atoms with van der Waals surface area (Å²) in [6.45, 7) is 0.214. The number of anilines is 1. The van der Waals surface area contributed by atoms with Gasteiger partial charge in [-0.3, -0.25) is 4.79 Å². The average molecular weight is 420 g/mol. The second kappa shape index (κ2) is 9.15. The van der Waals surface area contributed by atoms with Crippen LogP contribution < -0.4 is 5.32 Å². The third kappa shape index (κ3) is 5.18. The number of rotatable bonds is 6. The minimum absolute atomic E-state index is 0.118. The van der Waals surface area contributed by atoms with Gasteiger partial charge in [0.2, 0.25) is 10.0 Å². The van der Waals surface area contributed by atoms with E-state index >= 15 is 0 Å².